The number of aryl methyl sites for hydroxylation is 2. The van der Waals surface area contributed by atoms with Gasteiger partial charge in [0.15, 0.2) is 5.11 Å². The Bertz CT molecular complexity index is 732. The van der Waals surface area contributed by atoms with E-state index in [1.807, 2.05) is 19.3 Å². The number of nitrogens with two attached hydrogens (primary N) is 3. The zero-order valence-corrected chi connectivity index (χ0v) is 13.5. The molecule has 0 saturated carbocycles. The maximum absolute atomic E-state index is 6.28. The highest BCUT2D eigenvalue weighted by atomic mass is 32.1. The van der Waals surface area contributed by atoms with Gasteiger partial charge in [0.1, 0.15) is 5.84 Å². The molecule has 0 atom stereocenters. The quantitative estimate of drug-likeness (QED) is 0.343. The second-order valence-electron chi connectivity index (χ2n) is 5.09. The Hall–Kier alpha value is -2.41. The average Bonchev–Trinajstić information content (AvgIpc) is 2.86. The van der Waals surface area contributed by atoms with Gasteiger partial charge in [0.05, 0.1) is 11.9 Å². The van der Waals surface area contributed by atoms with Gasteiger partial charge in [-0.3, -0.25) is 4.68 Å². The van der Waals surface area contributed by atoms with Crippen molar-refractivity contribution < 1.29 is 0 Å². The van der Waals surface area contributed by atoms with Crippen molar-refractivity contribution in [3.8, 4) is 11.1 Å². The molecule has 0 fully saturated rings. The first-order chi connectivity index (χ1) is 10.4. The third kappa shape index (κ3) is 3.43. The number of aliphatic imine (C=N–C) groups is 1. The van der Waals surface area contributed by atoms with E-state index >= 15 is 0 Å². The predicted octanol–water partition coefficient (Wildman–Crippen LogP) is 1.57. The molecule has 7 heteroatoms. The van der Waals surface area contributed by atoms with Crippen LogP contribution in [0.3, 0.4) is 0 Å². The number of benzene rings is 1. The third-order valence-electron chi connectivity index (χ3n) is 3.30. The van der Waals surface area contributed by atoms with Crippen LogP contribution in [0.2, 0.25) is 0 Å². The molecule has 6 nitrogen and oxygen atoms in total. The third-order valence-corrected chi connectivity index (χ3v) is 3.39. The summed E-state index contributed by atoms with van der Waals surface area (Å²) in [5.41, 5.74) is 21.9. The van der Waals surface area contributed by atoms with E-state index in [0.717, 1.165) is 29.5 Å². The van der Waals surface area contributed by atoms with Crippen molar-refractivity contribution in [2.24, 2.45) is 23.5 Å². The molecule has 2 aromatic rings. The second kappa shape index (κ2) is 6.57. The average molecular weight is 316 g/mol. The first kappa shape index (κ1) is 16.0. The number of aromatic nitrogens is 2. The largest absolute Gasteiger partial charge is 0.398 e. The van der Waals surface area contributed by atoms with Gasteiger partial charge in [-0.25, -0.2) is 4.99 Å². The van der Waals surface area contributed by atoms with E-state index in [9.17, 15) is 0 Å². The highest BCUT2D eigenvalue weighted by Crippen LogP contribution is 2.30. The van der Waals surface area contributed by atoms with Crippen LogP contribution in [-0.2, 0) is 13.5 Å². The van der Waals surface area contributed by atoms with Crippen LogP contribution >= 0.6 is 12.2 Å². The lowest BCUT2D eigenvalue weighted by atomic mass is 9.96. The van der Waals surface area contributed by atoms with Crippen LogP contribution in [0.4, 0.5) is 5.69 Å². The topological polar surface area (TPSA) is 108 Å². The summed E-state index contributed by atoms with van der Waals surface area (Å²) in [6.07, 6.45) is 5.61. The number of nitrogens with zero attached hydrogens (tertiary/aromatic N) is 3. The van der Waals surface area contributed by atoms with E-state index in [2.05, 4.69) is 23.1 Å². The fourth-order valence-corrected chi connectivity index (χ4v) is 2.43. The zero-order chi connectivity index (χ0) is 16.3. The smallest absolute Gasteiger partial charge is 0.192 e. The van der Waals surface area contributed by atoms with Crippen molar-refractivity contribution in [1.82, 2.24) is 9.78 Å². The summed E-state index contributed by atoms with van der Waals surface area (Å²) < 4.78 is 1.73. The summed E-state index contributed by atoms with van der Waals surface area (Å²) in [6.45, 7) is 2.12. The number of hydrogen-bond donors (Lipinski definition) is 3. The second-order valence-corrected chi connectivity index (χ2v) is 5.51. The van der Waals surface area contributed by atoms with Gasteiger partial charge in [0.2, 0.25) is 0 Å². The molecule has 0 bridgehead atoms. The lowest BCUT2D eigenvalue weighted by molar-refractivity contribution is 0.768. The summed E-state index contributed by atoms with van der Waals surface area (Å²) in [5, 5.41) is 4.18. The van der Waals surface area contributed by atoms with Gasteiger partial charge in [-0.05, 0) is 36.3 Å². The van der Waals surface area contributed by atoms with Crippen LogP contribution in [0.5, 0.6) is 0 Å². The SMILES string of the molecule is CCCc1cc(/C(N)=N/C(N)=S)c(N)c(-c2cnn(C)c2)c1. The molecule has 0 aliphatic heterocycles. The molecule has 22 heavy (non-hydrogen) atoms. The highest BCUT2D eigenvalue weighted by molar-refractivity contribution is 7.80. The standard InChI is InChI=1S/C15H20N6S/c1-3-4-9-5-11(10-7-19-21(2)8-10)13(16)12(6-9)14(17)20-15(18)22/h5-8H,3-4,16H2,1-2H3,(H4,17,18,20,22). The van der Waals surface area contributed by atoms with Gasteiger partial charge in [-0.15, -0.1) is 0 Å². The van der Waals surface area contributed by atoms with Crippen LogP contribution in [0, 0.1) is 0 Å². The number of nitrogen functional groups attached to an aromatic ring is 1. The first-order valence-corrected chi connectivity index (χ1v) is 7.38. The van der Waals surface area contributed by atoms with E-state index < -0.39 is 0 Å². The zero-order valence-electron chi connectivity index (χ0n) is 12.7. The van der Waals surface area contributed by atoms with Gasteiger partial charge < -0.3 is 17.2 Å². The number of amidine groups is 1. The molecule has 0 saturated heterocycles. The molecular weight excluding hydrogens is 296 g/mol. The van der Waals surface area contributed by atoms with E-state index in [-0.39, 0.29) is 10.9 Å². The van der Waals surface area contributed by atoms with Crippen LogP contribution in [-0.4, -0.2) is 20.7 Å². The molecule has 6 N–H and O–H groups in total. The maximum Gasteiger partial charge on any atom is 0.192 e. The van der Waals surface area contributed by atoms with Crippen molar-refractivity contribution >= 4 is 28.9 Å². The van der Waals surface area contributed by atoms with Crippen molar-refractivity contribution in [2.75, 3.05) is 5.73 Å². The minimum absolute atomic E-state index is 0.0132. The number of rotatable bonds is 4. The molecular formula is C15H20N6S. The molecule has 0 aliphatic rings. The van der Waals surface area contributed by atoms with Crippen LogP contribution < -0.4 is 17.2 Å². The lowest BCUT2D eigenvalue weighted by Gasteiger charge is -2.13. The van der Waals surface area contributed by atoms with Gasteiger partial charge in [-0.1, -0.05) is 13.3 Å². The Kier molecular flexibility index (Phi) is 4.77. The Morgan fingerprint density at radius 3 is 2.64 bits per heavy atom. The van der Waals surface area contributed by atoms with Crippen molar-refractivity contribution in [1.29, 1.82) is 0 Å². The molecule has 0 radical (unpaired) electrons. The first-order valence-electron chi connectivity index (χ1n) is 6.97. The summed E-state index contributed by atoms with van der Waals surface area (Å²) in [6, 6.07) is 4.00. The summed E-state index contributed by atoms with van der Waals surface area (Å²) in [7, 11) is 1.86. The Labute approximate surface area is 135 Å². The Morgan fingerprint density at radius 2 is 2.09 bits per heavy atom. The van der Waals surface area contributed by atoms with E-state index in [4.69, 9.17) is 29.4 Å². The molecule has 0 aliphatic carbocycles. The van der Waals surface area contributed by atoms with Crippen LogP contribution in [0.25, 0.3) is 11.1 Å². The summed E-state index contributed by atoms with van der Waals surface area (Å²) in [4.78, 5) is 3.95. The van der Waals surface area contributed by atoms with E-state index in [1.165, 1.54) is 0 Å². The Morgan fingerprint density at radius 1 is 1.36 bits per heavy atom. The van der Waals surface area contributed by atoms with Crippen LogP contribution in [0.1, 0.15) is 24.5 Å². The highest BCUT2D eigenvalue weighted by Gasteiger charge is 2.14. The van der Waals surface area contributed by atoms with E-state index in [0.29, 0.717) is 11.3 Å². The van der Waals surface area contributed by atoms with Crippen molar-refractivity contribution in [2.45, 2.75) is 19.8 Å². The molecule has 0 amide bonds. The molecule has 2 rings (SSSR count). The van der Waals surface area contributed by atoms with Crippen LogP contribution in [0.15, 0.2) is 29.5 Å². The lowest BCUT2D eigenvalue weighted by Crippen LogP contribution is -2.20. The minimum Gasteiger partial charge on any atom is -0.398 e. The minimum atomic E-state index is -0.0132. The molecule has 0 spiro atoms. The van der Waals surface area contributed by atoms with Gasteiger partial charge >= 0.3 is 0 Å². The predicted molar refractivity (Wildman–Crippen MR) is 94.6 cm³/mol. The number of anilines is 1. The fraction of sp³-hybridized carbons (Fsp3) is 0.267. The fourth-order valence-electron chi connectivity index (χ4n) is 2.34. The Balaban J connectivity index is 2.63. The van der Waals surface area contributed by atoms with Gasteiger partial charge in [0, 0.05) is 29.9 Å². The number of hydrogen-bond acceptors (Lipinski definition) is 3. The molecule has 116 valence electrons. The molecule has 1 aromatic carbocycles. The van der Waals surface area contributed by atoms with Crippen molar-refractivity contribution in [3.05, 3.63) is 35.7 Å². The number of thiocarbonyl (C=S) groups is 1. The molecule has 1 heterocycles. The summed E-state index contributed by atoms with van der Waals surface area (Å²) >= 11 is 4.78. The normalized spacial score (nSPS) is 11.6. The molecule has 1 aromatic heterocycles. The monoisotopic (exact) mass is 316 g/mol. The maximum atomic E-state index is 6.28. The van der Waals surface area contributed by atoms with Crippen molar-refractivity contribution in [3.63, 3.8) is 0 Å². The summed E-state index contributed by atoms with van der Waals surface area (Å²) in [5.74, 6) is 0.230. The van der Waals surface area contributed by atoms with Gasteiger partial charge in [-0.2, -0.15) is 5.10 Å². The van der Waals surface area contributed by atoms with E-state index in [1.54, 1.807) is 10.9 Å². The van der Waals surface area contributed by atoms with Gasteiger partial charge in [0.25, 0.3) is 0 Å². The molecule has 0 unspecified atom stereocenters.